The highest BCUT2D eigenvalue weighted by atomic mass is 16.6. The molecule has 4 N–H and O–H groups in total. The third-order valence-electron chi connectivity index (χ3n) is 8.47. The Labute approximate surface area is 331 Å². The summed E-state index contributed by atoms with van der Waals surface area (Å²) in [6.45, 7) is 6.25. The van der Waals surface area contributed by atoms with Gasteiger partial charge in [0.15, 0.2) is 0 Å². The SMILES string of the molecule is Cc1ccnc(NCCCC(=O)NCC(=O)NC(CC(=O)O)c2ccc(-c3cccc4c(OCCOCCOCCOCCOCCN=[N+]=[N-])cccc34)cc2)c1. The molecule has 0 aliphatic carbocycles. The summed E-state index contributed by atoms with van der Waals surface area (Å²) in [5.41, 5.74) is 11.8. The number of anilines is 1. The van der Waals surface area contributed by atoms with E-state index in [9.17, 15) is 19.5 Å². The molecule has 0 aliphatic heterocycles. The van der Waals surface area contributed by atoms with Crippen molar-refractivity contribution in [2.24, 2.45) is 5.11 Å². The van der Waals surface area contributed by atoms with Gasteiger partial charge in [-0.15, -0.1) is 0 Å². The number of benzene rings is 3. The summed E-state index contributed by atoms with van der Waals surface area (Å²) in [5, 5.41) is 23.4. The number of pyridine rings is 1. The molecular weight excluding hydrogens is 734 g/mol. The number of carboxylic acid groups (broad SMARTS) is 1. The van der Waals surface area contributed by atoms with Crippen LogP contribution >= 0.6 is 0 Å². The highest BCUT2D eigenvalue weighted by Crippen LogP contribution is 2.34. The quantitative estimate of drug-likeness (QED) is 0.0240. The third kappa shape index (κ3) is 16.5. The summed E-state index contributed by atoms with van der Waals surface area (Å²) in [4.78, 5) is 43.7. The average molecular weight is 786 g/mol. The first-order valence-corrected chi connectivity index (χ1v) is 18.8. The Kier molecular flexibility index (Phi) is 19.6. The fourth-order valence-corrected chi connectivity index (χ4v) is 5.71. The maximum atomic E-state index is 12.8. The number of fused-ring (bicyclic) bond motifs is 1. The van der Waals surface area contributed by atoms with Crippen molar-refractivity contribution >= 4 is 34.4 Å². The molecule has 304 valence electrons. The number of hydrogen-bond acceptors (Lipinski definition) is 11. The number of rotatable bonds is 28. The number of nitrogens with zero attached hydrogens (tertiary/aromatic N) is 4. The molecule has 1 atom stereocenters. The first kappa shape index (κ1) is 44.0. The zero-order chi connectivity index (χ0) is 40.5. The second kappa shape index (κ2) is 25.4. The zero-order valence-electron chi connectivity index (χ0n) is 32.2. The molecule has 0 fully saturated rings. The topological polar surface area (TPSA) is 215 Å². The van der Waals surface area contributed by atoms with E-state index in [0.717, 1.165) is 39.0 Å². The number of aryl methyl sites for hydroxylation is 1. The van der Waals surface area contributed by atoms with Crippen molar-refractivity contribution in [3.05, 3.63) is 101 Å². The van der Waals surface area contributed by atoms with Crippen molar-refractivity contribution in [1.29, 1.82) is 0 Å². The number of azide groups is 1. The summed E-state index contributed by atoms with van der Waals surface area (Å²) in [7, 11) is 0. The Hall–Kier alpha value is -5.77. The summed E-state index contributed by atoms with van der Waals surface area (Å²) >= 11 is 0. The number of ether oxygens (including phenoxy) is 5. The van der Waals surface area contributed by atoms with Gasteiger partial charge in [0.1, 0.15) is 18.2 Å². The molecule has 0 spiro atoms. The lowest BCUT2D eigenvalue weighted by Crippen LogP contribution is -2.39. The number of amides is 2. The van der Waals surface area contributed by atoms with Crippen LogP contribution in [0.5, 0.6) is 5.75 Å². The van der Waals surface area contributed by atoms with Gasteiger partial charge in [-0.3, -0.25) is 14.4 Å². The highest BCUT2D eigenvalue weighted by Gasteiger charge is 2.19. The number of carbonyl (C=O) groups excluding carboxylic acids is 2. The Morgan fingerprint density at radius 3 is 2.18 bits per heavy atom. The predicted molar refractivity (Wildman–Crippen MR) is 215 cm³/mol. The molecule has 0 bridgehead atoms. The van der Waals surface area contributed by atoms with E-state index < -0.39 is 17.9 Å². The molecule has 1 heterocycles. The molecule has 4 aromatic rings. The first-order chi connectivity index (χ1) is 27.8. The van der Waals surface area contributed by atoms with Gasteiger partial charge < -0.3 is 44.7 Å². The second-order valence-corrected chi connectivity index (χ2v) is 12.8. The van der Waals surface area contributed by atoms with Crippen LogP contribution in [-0.2, 0) is 33.3 Å². The second-order valence-electron chi connectivity index (χ2n) is 12.8. The van der Waals surface area contributed by atoms with Crippen molar-refractivity contribution < 1.29 is 43.2 Å². The number of nitrogens with one attached hydrogen (secondary N) is 3. The van der Waals surface area contributed by atoms with E-state index in [1.807, 2.05) is 67.6 Å². The van der Waals surface area contributed by atoms with E-state index in [1.165, 1.54) is 0 Å². The smallest absolute Gasteiger partial charge is 0.305 e. The fraction of sp³-hybridized carbons (Fsp3) is 0.415. The van der Waals surface area contributed by atoms with Gasteiger partial charge in [0, 0.05) is 36.0 Å². The summed E-state index contributed by atoms with van der Waals surface area (Å²) < 4.78 is 27.9. The van der Waals surface area contributed by atoms with Crippen molar-refractivity contribution in [2.75, 3.05) is 84.4 Å². The summed E-state index contributed by atoms with van der Waals surface area (Å²) in [6, 6.07) is 22.2. The lowest BCUT2D eigenvalue weighted by molar-refractivity contribution is -0.138. The molecule has 0 saturated heterocycles. The minimum absolute atomic E-state index is 0.221. The van der Waals surface area contributed by atoms with Crippen LogP contribution < -0.4 is 20.7 Å². The van der Waals surface area contributed by atoms with E-state index in [4.69, 9.17) is 29.2 Å². The van der Waals surface area contributed by atoms with E-state index in [0.29, 0.717) is 84.5 Å². The maximum Gasteiger partial charge on any atom is 0.305 e. The minimum Gasteiger partial charge on any atom is -0.491 e. The molecule has 0 aliphatic rings. The van der Waals surface area contributed by atoms with Gasteiger partial charge in [0.25, 0.3) is 0 Å². The molecule has 2 amide bonds. The van der Waals surface area contributed by atoms with Crippen molar-refractivity contribution in [2.45, 2.75) is 32.2 Å². The molecule has 16 heteroatoms. The van der Waals surface area contributed by atoms with Crippen LogP contribution in [0.1, 0.15) is 36.4 Å². The molecule has 1 unspecified atom stereocenters. The summed E-state index contributed by atoms with van der Waals surface area (Å²) in [5.74, 6) is -0.368. The Balaban J connectivity index is 1.19. The largest absolute Gasteiger partial charge is 0.491 e. The number of aromatic nitrogens is 1. The number of aliphatic carboxylic acids is 1. The average Bonchev–Trinajstić information content (AvgIpc) is 3.21. The Morgan fingerprint density at radius 2 is 1.49 bits per heavy atom. The molecule has 16 nitrogen and oxygen atoms in total. The molecule has 1 aromatic heterocycles. The van der Waals surface area contributed by atoms with Gasteiger partial charge >= 0.3 is 5.97 Å². The van der Waals surface area contributed by atoms with Crippen LogP contribution in [0.3, 0.4) is 0 Å². The van der Waals surface area contributed by atoms with Crippen molar-refractivity contribution in [1.82, 2.24) is 15.6 Å². The van der Waals surface area contributed by atoms with E-state index >= 15 is 0 Å². The van der Waals surface area contributed by atoms with Crippen molar-refractivity contribution in [3.63, 3.8) is 0 Å². The standard InChI is InChI=1S/C41H51N7O9/c1-30-14-16-44-38(27-30)43-15-4-9-39(49)45-29-40(50)47-36(28-41(51)52)32-12-10-31(11-13-32)33-5-2-7-35-34(33)6-3-8-37(35)57-26-25-56-24-23-55-22-21-54-20-19-53-18-17-46-48-42/h2-3,5-8,10-14,16,27,36H,4,9,15,17-26,28-29H2,1H3,(H,43,44)(H,45,49)(H,47,50)(H,51,52). The molecule has 3 aromatic carbocycles. The van der Waals surface area contributed by atoms with Crippen LogP contribution in [0.15, 0.2) is 84.1 Å². The summed E-state index contributed by atoms with van der Waals surface area (Å²) in [6.07, 6.45) is 2.17. The van der Waals surface area contributed by atoms with Crippen LogP contribution in [0.2, 0.25) is 0 Å². The first-order valence-electron chi connectivity index (χ1n) is 18.8. The van der Waals surface area contributed by atoms with Crippen LogP contribution in [0.4, 0.5) is 5.82 Å². The minimum atomic E-state index is -1.06. The Morgan fingerprint density at radius 1 is 0.825 bits per heavy atom. The van der Waals surface area contributed by atoms with Crippen LogP contribution in [0, 0.1) is 6.92 Å². The fourth-order valence-electron chi connectivity index (χ4n) is 5.71. The maximum absolute atomic E-state index is 12.8. The number of hydrogen-bond donors (Lipinski definition) is 4. The van der Waals surface area contributed by atoms with E-state index in [1.54, 1.807) is 18.3 Å². The van der Waals surface area contributed by atoms with Crippen LogP contribution in [0.25, 0.3) is 32.3 Å². The van der Waals surface area contributed by atoms with Gasteiger partial charge in [-0.25, -0.2) is 4.98 Å². The van der Waals surface area contributed by atoms with Gasteiger partial charge in [0.2, 0.25) is 11.8 Å². The molecule has 0 radical (unpaired) electrons. The monoisotopic (exact) mass is 785 g/mol. The van der Waals surface area contributed by atoms with Gasteiger partial charge in [-0.1, -0.05) is 59.7 Å². The number of carboxylic acids is 1. The molecule has 0 saturated carbocycles. The van der Waals surface area contributed by atoms with E-state index in [2.05, 4.69) is 31.0 Å². The van der Waals surface area contributed by atoms with Gasteiger partial charge in [-0.2, -0.15) is 0 Å². The normalized spacial score (nSPS) is 11.4. The van der Waals surface area contributed by atoms with Crippen LogP contribution in [-0.4, -0.2) is 107 Å². The third-order valence-corrected chi connectivity index (χ3v) is 8.47. The van der Waals surface area contributed by atoms with Crippen molar-refractivity contribution in [3.8, 4) is 16.9 Å². The molecular formula is C41H51N7O9. The molecule has 4 rings (SSSR count). The Bertz CT molecular complexity index is 1910. The molecule has 57 heavy (non-hydrogen) atoms. The number of carbonyl (C=O) groups is 3. The zero-order valence-corrected chi connectivity index (χ0v) is 32.2. The van der Waals surface area contributed by atoms with E-state index in [-0.39, 0.29) is 25.3 Å². The lowest BCUT2D eigenvalue weighted by Gasteiger charge is -2.18. The predicted octanol–water partition coefficient (Wildman–Crippen LogP) is 5.61. The lowest BCUT2D eigenvalue weighted by atomic mass is 9.95. The highest BCUT2D eigenvalue weighted by molar-refractivity contribution is 5.99. The van der Waals surface area contributed by atoms with Gasteiger partial charge in [0.05, 0.1) is 71.9 Å². The van der Waals surface area contributed by atoms with Gasteiger partial charge in [-0.05, 0) is 64.7 Å².